The minimum Gasteiger partial charge on any atom is -0.458 e. The van der Waals surface area contributed by atoms with E-state index in [0.717, 1.165) is 32.8 Å². The molecule has 47 heavy (non-hydrogen) atoms. The van der Waals surface area contributed by atoms with Crippen LogP contribution in [-0.2, 0) is 27.3 Å². The molecule has 8 rings (SSSR count). The molecule has 0 amide bonds. The number of thiazole rings is 1. The number of nitrogens with zero attached hydrogens (tertiary/aromatic N) is 14. The predicted octanol–water partition coefficient (Wildman–Crippen LogP) is 3.00. The maximum Gasteiger partial charge on any atom is 0.305 e. The van der Waals surface area contributed by atoms with Crippen LogP contribution in [0.4, 0.5) is 5.82 Å². The van der Waals surface area contributed by atoms with Crippen LogP contribution in [0.3, 0.4) is 0 Å². The number of hydrogen-bond acceptors (Lipinski definition) is 14. The molecule has 0 radical (unpaired) electrons. The van der Waals surface area contributed by atoms with Gasteiger partial charge in [-0.1, -0.05) is 40.5 Å². The zero-order valence-electron chi connectivity index (χ0n) is 25.4. The number of tetrazole rings is 2. The molecule has 0 aliphatic heterocycles. The zero-order valence-corrected chi connectivity index (χ0v) is 26.2. The molecule has 0 aliphatic rings. The van der Waals surface area contributed by atoms with Gasteiger partial charge in [0.2, 0.25) is 0 Å². The van der Waals surface area contributed by atoms with Crippen molar-refractivity contribution in [1.29, 1.82) is 0 Å². The van der Waals surface area contributed by atoms with Crippen LogP contribution in [0.2, 0.25) is 0 Å². The fourth-order valence-electron chi connectivity index (χ4n) is 4.75. The third-order valence-electron chi connectivity index (χ3n) is 6.85. The van der Waals surface area contributed by atoms with Gasteiger partial charge in [0.1, 0.15) is 19.0 Å². The average molecular weight is 650 g/mol. The van der Waals surface area contributed by atoms with Gasteiger partial charge in [0.15, 0.2) is 0 Å². The van der Waals surface area contributed by atoms with E-state index in [9.17, 15) is 0 Å². The highest BCUT2D eigenvalue weighted by molar-refractivity contribution is 7.09. The van der Waals surface area contributed by atoms with Gasteiger partial charge < -0.3 is 15.2 Å². The first-order valence-corrected chi connectivity index (χ1v) is 15.1. The van der Waals surface area contributed by atoms with Crippen molar-refractivity contribution in [2.24, 2.45) is 14.1 Å². The van der Waals surface area contributed by atoms with E-state index in [2.05, 4.69) is 51.0 Å². The predicted molar refractivity (Wildman–Crippen MR) is 171 cm³/mol. The van der Waals surface area contributed by atoms with Gasteiger partial charge in [-0.3, -0.25) is 0 Å². The number of pyridine rings is 1. The monoisotopic (exact) mass is 649 g/mol. The van der Waals surface area contributed by atoms with Crippen LogP contribution < -0.4 is 15.2 Å². The van der Waals surface area contributed by atoms with Crippen molar-refractivity contribution in [3.8, 4) is 23.9 Å². The van der Waals surface area contributed by atoms with E-state index in [1.54, 1.807) is 50.0 Å². The van der Waals surface area contributed by atoms with Crippen molar-refractivity contribution in [2.45, 2.75) is 20.1 Å². The molecular formula is C29H27N15O2S. The largest absolute Gasteiger partial charge is 0.458 e. The Labute approximate surface area is 270 Å². The Bertz CT molecular complexity index is 2300. The maximum absolute atomic E-state index is 5.89. The number of para-hydroxylation sites is 4. The Morgan fingerprint density at radius 2 is 1.21 bits per heavy atom. The Kier molecular flexibility index (Phi) is 7.88. The third-order valence-corrected chi connectivity index (χ3v) is 7.67. The van der Waals surface area contributed by atoms with Gasteiger partial charge in [0.05, 0.1) is 38.5 Å². The third kappa shape index (κ3) is 6.03. The fraction of sp³-hybridized carbons (Fsp3) is 0.172. The lowest BCUT2D eigenvalue weighted by Gasteiger charge is -2.08. The average Bonchev–Trinajstić information content (AvgIpc) is 3.90. The minimum atomic E-state index is 0.236. The SMILES string of the molecule is Cc1nc(COc2nc3ccccc3n2-c2nnnn2C)cs1.Cn1nnnc1-n1c(OCc2cccc(N)n2)nc2ccccc21. The summed E-state index contributed by atoms with van der Waals surface area (Å²) in [6.07, 6.45) is 0. The molecular weight excluding hydrogens is 622 g/mol. The van der Waals surface area contributed by atoms with Gasteiger partial charge in [0.25, 0.3) is 11.9 Å². The lowest BCUT2D eigenvalue weighted by atomic mass is 10.3. The van der Waals surface area contributed by atoms with Crippen LogP contribution in [0, 0.1) is 6.92 Å². The summed E-state index contributed by atoms with van der Waals surface area (Å²) in [7, 11) is 3.53. The molecule has 0 spiro atoms. The molecule has 6 heterocycles. The molecule has 0 fully saturated rings. The summed E-state index contributed by atoms with van der Waals surface area (Å²) < 4.78 is 18.5. The number of aromatic nitrogens is 14. The quantitative estimate of drug-likeness (QED) is 0.253. The number of ether oxygens (including phenoxy) is 2. The van der Waals surface area contributed by atoms with Gasteiger partial charge in [-0.15, -0.1) is 11.3 Å². The van der Waals surface area contributed by atoms with E-state index < -0.39 is 0 Å². The molecule has 18 heteroatoms. The standard InChI is InChI=1S/C15H14N8O.C14H13N7OS/c1-22-14(19-20-21-22)23-12-7-3-2-6-11(12)18-15(23)24-9-10-5-4-8-13(16)17-10;1-9-15-10(8-23-9)7-22-14-16-11-5-3-4-6-12(11)21(14)13-17-18-19-20(13)2/h2-8H,9H2,1H3,(H2,16,17);3-6,8H,7H2,1-2H3. The van der Waals surface area contributed by atoms with E-state index >= 15 is 0 Å². The van der Waals surface area contributed by atoms with Crippen molar-refractivity contribution < 1.29 is 9.47 Å². The number of rotatable bonds is 8. The second-order valence-electron chi connectivity index (χ2n) is 10.1. The highest BCUT2D eigenvalue weighted by Crippen LogP contribution is 2.26. The second-order valence-corrected chi connectivity index (χ2v) is 11.2. The van der Waals surface area contributed by atoms with E-state index in [0.29, 0.717) is 42.0 Å². The van der Waals surface area contributed by atoms with Crippen molar-refractivity contribution in [1.82, 2.24) is 69.5 Å². The van der Waals surface area contributed by atoms with E-state index in [4.69, 9.17) is 15.2 Å². The second kappa shape index (κ2) is 12.6. The van der Waals surface area contributed by atoms with E-state index in [1.807, 2.05) is 73.0 Å². The Balaban J connectivity index is 0.000000150. The first-order valence-electron chi connectivity index (χ1n) is 14.2. The number of fused-ring (bicyclic) bond motifs is 2. The Morgan fingerprint density at radius 3 is 1.70 bits per heavy atom. The van der Waals surface area contributed by atoms with Gasteiger partial charge in [-0.25, -0.2) is 28.5 Å². The highest BCUT2D eigenvalue weighted by atomic mass is 32.1. The molecule has 6 aromatic heterocycles. The smallest absolute Gasteiger partial charge is 0.305 e. The number of hydrogen-bond donors (Lipinski definition) is 1. The molecule has 0 saturated carbocycles. The molecule has 0 unspecified atom stereocenters. The summed E-state index contributed by atoms with van der Waals surface area (Å²) in [5.74, 6) is 1.50. The van der Waals surface area contributed by atoms with Crippen molar-refractivity contribution in [2.75, 3.05) is 5.73 Å². The molecule has 0 saturated heterocycles. The van der Waals surface area contributed by atoms with Crippen LogP contribution in [0.25, 0.3) is 34.0 Å². The number of benzene rings is 2. The molecule has 8 aromatic rings. The number of anilines is 1. The molecule has 0 aliphatic carbocycles. The van der Waals surface area contributed by atoms with E-state index in [-0.39, 0.29) is 6.61 Å². The maximum atomic E-state index is 5.89. The number of nitrogen functional groups attached to an aromatic ring is 1. The van der Waals surface area contributed by atoms with Crippen molar-refractivity contribution in [3.63, 3.8) is 0 Å². The first kappa shape index (κ1) is 29.4. The van der Waals surface area contributed by atoms with Gasteiger partial charge in [-0.05, 0) is 64.2 Å². The first-order chi connectivity index (χ1) is 22.9. The molecule has 0 bridgehead atoms. The normalized spacial score (nSPS) is 11.1. The molecule has 2 N–H and O–H groups in total. The summed E-state index contributed by atoms with van der Waals surface area (Å²) in [5, 5.41) is 26.2. The van der Waals surface area contributed by atoms with E-state index in [1.165, 1.54) is 0 Å². The van der Waals surface area contributed by atoms with Crippen LogP contribution in [0.1, 0.15) is 16.4 Å². The summed E-state index contributed by atoms with van der Waals surface area (Å²) in [5.41, 5.74) is 10.6. The van der Waals surface area contributed by atoms with Gasteiger partial charge in [0, 0.05) is 19.5 Å². The fourth-order valence-corrected chi connectivity index (χ4v) is 5.34. The lowest BCUT2D eigenvalue weighted by molar-refractivity contribution is 0.272. The van der Waals surface area contributed by atoms with Crippen molar-refractivity contribution >= 4 is 39.2 Å². The van der Waals surface area contributed by atoms with Crippen LogP contribution in [-0.4, -0.2) is 69.5 Å². The highest BCUT2D eigenvalue weighted by Gasteiger charge is 2.19. The van der Waals surface area contributed by atoms with Crippen LogP contribution in [0.5, 0.6) is 12.0 Å². The number of aryl methyl sites for hydroxylation is 3. The van der Waals surface area contributed by atoms with Gasteiger partial charge >= 0.3 is 12.0 Å². The van der Waals surface area contributed by atoms with Crippen LogP contribution >= 0.6 is 11.3 Å². The summed E-state index contributed by atoms with van der Waals surface area (Å²) in [6, 6.07) is 21.7. The molecule has 17 nitrogen and oxygen atoms in total. The van der Waals surface area contributed by atoms with Crippen LogP contribution in [0.15, 0.2) is 72.1 Å². The Hall–Kier alpha value is -6.30. The summed E-state index contributed by atoms with van der Waals surface area (Å²) in [6.45, 7) is 2.55. The molecule has 236 valence electrons. The minimum absolute atomic E-state index is 0.236. The topological polar surface area (TPSA) is 193 Å². The summed E-state index contributed by atoms with van der Waals surface area (Å²) in [4.78, 5) is 17.7. The lowest BCUT2D eigenvalue weighted by Crippen LogP contribution is -2.08. The molecule has 2 aromatic carbocycles. The molecule has 0 atom stereocenters. The number of nitrogens with two attached hydrogens (primary N) is 1. The summed E-state index contributed by atoms with van der Waals surface area (Å²) >= 11 is 1.59. The van der Waals surface area contributed by atoms with Gasteiger partial charge in [-0.2, -0.15) is 9.97 Å². The number of imidazole rings is 2. The zero-order chi connectivity index (χ0) is 32.3. The Morgan fingerprint density at radius 1 is 0.660 bits per heavy atom. The van der Waals surface area contributed by atoms with Crippen molar-refractivity contribution in [3.05, 3.63) is 88.5 Å².